The Labute approximate surface area is 418 Å². The van der Waals surface area contributed by atoms with Crippen molar-refractivity contribution < 1.29 is 47.6 Å². The van der Waals surface area contributed by atoms with E-state index >= 15 is 4.79 Å². The van der Waals surface area contributed by atoms with E-state index in [1.165, 1.54) is 0 Å². The summed E-state index contributed by atoms with van der Waals surface area (Å²) in [5, 5.41) is 4.82. The molecule has 4 amide bonds. The second-order valence-electron chi connectivity index (χ2n) is 21.8. The molecule has 0 bridgehead atoms. The van der Waals surface area contributed by atoms with Crippen molar-refractivity contribution in [3.8, 4) is 5.75 Å². The molecule has 0 spiro atoms. The second kappa shape index (κ2) is 21.1. The molecule has 4 atom stereocenters. The smallest absolute Gasteiger partial charge is 0.435 e. The van der Waals surface area contributed by atoms with Gasteiger partial charge in [0.25, 0.3) is 0 Å². The predicted molar refractivity (Wildman–Crippen MR) is 271 cm³/mol. The molecule has 2 fully saturated rings. The third-order valence-electron chi connectivity index (χ3n) is 11.8. The lowest BCUT2D eigenvalue weighted by molar-refractivity contribution is -0.157. The van der Waals surface area contributed by atoms with Gasteiger partial charge in [0.15, 0.2) is 11.6 Å². The molecule has 0 aliphatic carbocycles. The van der Waals surface area contributed by atoms with E-state index in [-0.39, 0.29) is 35.8 Å². The molecule has 4 aromatic carbocycles. The van der Waals surface area contributed by atoms with Gasteiger partial charge >= 0.3 is 24.3 Å². The molecular weight excluding hydrogens is 903 g/mol. The molecule has 380 valence electrons. The molecule has 0 radical (unpaired) electrons. The number of ether oxygens (including phenoxy) is 6. The second-order valence-corrected chi connectivity index (χ2v) is 21.8. The highest BCUT2D eigenvalue weighted by Gasteiger charge is 2.55. The summed E-state index contributed by atoms with van der Waals surface area (Å²) in [4.78, 5) is 62.8. The quantitative estimate of drug-likeness (QED) is 0.0819. The van der Waals surface area contributed by atoms with Crippen molar-refractivity contribution in [1.29, 1.82) is 0 Å². The van der Waals surface area contributed by atoms with E-state index in [0.29, 0.717) is 29.9 Å². The van der Waals surface area contributed by atoms with Crippen molar-refractivity contribution in [2.24, 2.45) is 0 Å². The molecule has 71 heavy (non-hydrogen) atoms. The van der Waals surface area contributed by atoms with Crippen molar-refractivity contribution in [3.63, 3.8) is 0 Å². The van der Waals surface area contributed by atoms with Gasteiger partial charge in [-0.15, -0.1) is 5.10 Å². The predicted octanol–water partition coefficient (Wildman–Crippen LogP) is 11.9. The number of hydrogen-bond acceptors (Lipinski definition) is 11. The average molecular weight is 974 g/mol. The topological polar surface area (TPSA) is 151 Å². The first-order chi connectivity index (χ1) is 33.4. The lowest BCUT2D eigenvalue weighted by atomic mass is 9.91. The van der Waals surface area contributed by atoms with E-state index in [1.54, 1.807) is 80.5 Å². The number of aromatic nitrogens is 2. The molecule has 15 nitrogen and oxygen atoms in total. The molecule has 2 aliphatic rings. The van der Waals surface area contributed by atoms with Crippen molar-refractivity contribution in [3.05, 3.63) is 125 Å². The van der Waals surface area contributed by atoms with Crippen LogP contribution in [0.3, 0.4) is 0 Å². The summed E-state index contributed by atoms with van der Waals surface area (Å²) in [5.74, 6) is -0.501. The number of imide groups is 1. The molecule has 0 N–H and O–H groups in total. The number of anilines is 1. The standard InChI is InChI=1S/C56H71N5O10/c1-13-14-30-66-41-27-21-26-39(31-41)35-58-44(33-37-22-17-15-18-23-37)46-47(68-56(11,12)67-46)45(34-38-24-19-16-20-25-38)59(49(58)62)36-40-28-29-43-42(32-40)48(57-61(43)52(65)71-55(8,9)10)60(50(63)69-53(2,3)4)51(64)70-54(5,6)7/h15-29,31-32,44-47H,13-14,30,33-36H2,1-12H3/t44-,45-,46+,47+/m1/s1. The SMILES string of the molecule is CCCCOc1cccc(CN2C(=O)N(Cc3ccc4c(c3)c(N(C(=O)OC(C)(C)C)C(=O)OC(C)(C)C)nn4C(=O)OC(C)(C)C)[C@H](Cc3ccccc3)[C@@H]3OC(C)(C)O[C@H]3[C@H]2Cc2ccccc2)c1. The Bertz CT molecular complexity index is 2640. The Balaban J connectivity index is 1.41. The van der Waals surface area contributed by atoms with Gasteiger partial charge in [-0.25, -0.2) is 19.2 Å². The molecule has 15 heteroatoms. The van der Waals surface area contributed by atoms with Crippen LogP contribution in [0.1, 0.15) is 118 Å². The van der Waals surface area contributed by atoms with E-state index in [2.05, 4.69) is 24.2 Å². The highest BCUT2D eigenvalue weighted by molar-refractivity contribution is 6.14. The van der Waals surface area contributed by atoms with Gasteiger partial charge in [0.2, 0.25) is 0 Å². The van der Waals surface area contributed by atoms with Crippen molar-refractivity contribution in [2.75, 3.05) is 11.5 Å². The highest BCUT2D eigenvalue weighted by atomic mass is 16.8. The molecule has 2 aliphatic heterocycles. The number of hydrogen-bond donors (Lipinski definition) is 0. The summed E-state index contributed by atoms with van der Waals surface area (Å²) in [7, 11) is 0. The Morgan fingerprint density at radius 3 is 1.63 bits per heavy atom. The number of amides is 4. The molecule has 3 heterocycles. The van der Waals surface area contributed by atoms with Crippen LogP contribution in [0.25, 0.3) is 10.9 Å². The molecular formula is C56H71N5O10. The van der Waals surface area contributed by atoms with E-state index in [1.807, 2.05) is 96.4 Å². The molecule has 7 rings (SSSR count). The zero-order valence-electron chi connectivity index (χ0n) is 43.4. The summed E-state index contributed by atoms with van der Waals surface area (Å²) in [5.41, 5.74) is 0.770. The minimum Gasteiger partial charge on any atom is -0.494 e. The van der Waals surface area contributed by atoms with Crippen LogP contribution in [0.2, 0.25) is 0 Å². The molecule has 0 saturated carbocycles. The van der Waals surface area contributed by atoms with Gasteiger partial charge in [-0.2, -0.15) is 9.58 Å². The first-order valence-corrected chi connectivity index (χ1v) is 24.6. The Morgan fingerprint density at radius 2 is 1.14 bits per heavy atom. The number of carbonyl (C=O) groups is 4. The fourth-order valence-electron chi connectivity index (χ4n) is 8.93. The number of benzene rings is 4. The number of carbonyl (C=O) groups excluding carboxylic acids is 4. The van der Waals surface area contributed by atoms with E-state index in [4.69, 9.17) is 28.4 Å². The first kappa shape index (κ1) is 52.4. The number of rotatable bonds is 13. The van der Waals surface area contributed by atoms with Gasteiger partial charge in [0, 0.05) is 18.5 Å². The normalized spacial score (nSPS) is 19.2. The van der Waals surface area contributed by atoms with Crippen molar-refractivity contribution in [1.82, 2.24) is 19.6 Å². The Hall–Kier alpha value is -6.45. The minimum absolute atomic E-state index is 0.0317. The summed E-state index contributed by atoms with van der Waals surface area (Å²) in [6, 6.07) is 31.9. The highest BCUT2D eigenvalue weighted by Crippen LogP contribution is 2.41. The monoisotopic (exact) mass is 974 g/mol. The molecule has 1 aromatic heterocycles. The van der Waals surface area contributed by atoms with Crippen LogP contribution in [0.5, 0.6) is 5.75 Å². The minimum atomic E-state index is -1.06. The zero-order chi connectivity index (χ0) is 51.5. The third-order valence-corrected chi connectivity index (χ3v) is 11.8. The van der Waals surface area contributed by atoms with Crippen LogP contribution in [0.15, 0.2) is 103 Å². The van der Waals surface area contributed by atoms with E-state index in [9.17, 15) is 14.4 Å². The average Bonchev–Trinajstić information content (AvgIpc) is 3.79. The Kier molecular flexibility index (Phi) is 15.6. The van der Waals surface area contributed by atoms with Crippen molar-refractivity contribution >= 4 is 41.0 Å². The van der Waals surface area contributed by atoms with Crippen LogP contribution in [-0.2, 0) is 49.6 Å². The van der Waals surface area contributed by atoms with E-state index < -0.39 is 65.2 Å². The summed E-state index contributed by atoms with van der Waals surface area (Å²) < 4.78 is 38.4. The van der Waals surface area contributed by atoms with Crippen LogP contribution >= 0.6 is 0 Å². The summed E-state index contributed by atoms with van der Waals surface area (Å²) >= 11 is 0. The fourth-order valence-corrected chi connectivity index (χ4v) is 8.93. The maximum Gasteiger partial charge on any atom is 0.435 e. The molecule has 0 unspecified atom stereocenters. The maximum atomic E-state index is 16.1. The van der Waals surface area contributed by atoms with Gasteiger partial charge < -0.3 is 38.2 Å². The number of nitrogens with zero attached hydrogens (tertiary/aromatic N) is 5. The van der Waals surface area contributed by atoms with Crippen LogP contribution in [-0.4, -0.2) is 97.4 Å². The summed E-state index contributed by atoms with van der Waals surface area (Å²) in [6.45, 7) is 22.0. The van der Waals surface area contributed by atoms with Gasteiger partial charge in [-0.3, -0.25) is 0 Å². The van der Waals surface area contributed by atoms with Gasteiger partial charge in [-0.05, 0) is 142 Å². The van der Waals surface area contributed by atoms with Gasteiger partial charge in [0.1, 0.15) is 34.8 Å². The van der Waals surface area contributed by atoms with Gasteiger partial charge in [0.05, 0.1) is 24.2 Å². The fraction of sp³-hybridized carbons (Fsp3) is 0.482. The number of unbranched alkanes of at least 4 members (excludes halogenated alkanes) is 1. The summed E-state index contributed by atoms with van der Waals surface area (Å²) in [6.07, 6.45) is -1.31. The maximum absolute atomic E-state index is 16.1. The zero-order valence-corrected chi connectivity index (χ0v) is 43.4. The van der Waals surface area contributed by atoms with Gasteiger partial charge in [-0.1, -0.05) is 92.2 Å². The Morgan fingerprint density at radius 1 is 0.648 bits per heavy atom. The van der Waals surface area contributed by atoms with Crippen LogP contribution < -0.4 is 9.64 Å². The number of urea groups is 1. The van der Waals surface area contributed by atoms with E-state index in [0.717, 1.165) is 40.0 Å². The van der Waals surface area contributed by atoms with Crippen LogP contribution in [0, 0.1) is 0 Å². The largest absolute Gasteiger partial charge is 0.494 e. The molecule has 2 saturated heterocycles. The third kappa shape index (κ3) is 13.3. The van der Waals surface area contributed by atoms with Crippen LogP contribution in [0.4, 0.5) is 25.0 Å². The van der Waals surface area contributed by atoms with Crippen molar-refractivity contribution in [2.45, 2.75) is 169 Å². The molecule has 5 aromatic rings. The number of fused-ring (bicyclic) bond motifs is 2. The lowest BCUT2D eigenvalue weighted by Gasteiger charge is -2.37. The lowest BCUT2D eigenvalue weighted by Crippen LogP contribution is -2.51. The first-order valence-electron chi connectivity index (χ1n) is 24.6.